The second-order valence-electron chi connectivity index (χ2n) is 4.52. The van der Waals surface area contributed by atoms with Gasteiger partial charge < -0.3 is 5.11 Å². The van der Waals surface area contributed by atoms with Crippen molar-refractivity contribution in [3.63, 3.8) is 0 Å². The Balaban J connectivity index is 3.05. The molecule has 0 saturated carbocycles. The second-order valence-corrected chi connectivity index (χ2v) is 4.52. The lowest BCUT2D eigenvalue weighted by Crippen LogP contribution is -2.05. The fraction of sp³-hybridized carbons (Fsp3) is 0.727. The average molecular weight is 196 g/mol. The van der Waals surface area contributed by atoms with Gasteiger partial charge in [-0.2, -0.15) is 0 Å². The van der Waals surface area contributed by atoms with Crippen LogP contribution in [0.1, 0.15) is 45.0 Å². The summed E-state index contributed by atoms with van der Waals surface area (Å²) in [5, 5.41) is 13.8. The Morgan fingerprint density at radius 1 is 1.29 bits per heavy atom. The van der Waals surface area contributed by atoms with E-state index in [4.69, 9.17) is 0 Å². The molecule has 0 bridgehead atoms. The first kappa shape index (κ1) is 11.1. The number of hydrogen-bond acceptors (Lipinski definition) is 2. The first-order valence-electron chi connectivity index (χ1n) is 5.20. The zero-order valence-electron chi connectivity index (χ0n) is 9.70. The average Bonchev–Trinajstić information content (AvgIpc) is 2.31. The van der Waals surface area contributed by atoms with E-state index in [1.165, 1.54) is 0 Å². The van der Waals surface area contributed by atoms with Gasteiger partial charge in [-0.1, -0.05) is 13.8 Å². The molecule has 80 valence electrons. The van der Waals surface area contributed by atoms with Crippen molar-refractivity contribution >= 4 is 0 Å². The van der Waals surface area contributed by atoms with Crippen LogP contribution in [0, 0.1) is 12.8 Å². The maximum absolute atomic E-state index is 9.68. The molecule has 0 unspecified atom stereocenters. The van der Waals surface area contributed by atoms with Crippen molar-refractivity contribution in [3.05, 3.63) is 11.3 Å². The van der Waals surface area contributed by atoms with Crippen LogP contribution < -0.4 is 0 Å². The second kappa shape index (κ2) is 4.03. The third kappa shape index (κ3) is 2.08. The van der Waals surface area contributed by atoms with Crippen molar-refractivity contribution in [2.24, 2.45) is 5.92 Å². The predicted octanol–water partition coefficient (Wildman–Crippen LogP) is 2.68. The molecule has 1 aromatic rings. The van der Waals surface area contributed by atoms with Gasteiger partial charge in [0.25, 0.3) is 0 Å². The molecule has 0 fully saturated rings. The van der Waals surface area contributed by atoms with Gasteiger partial charge in [-0.15, -0.1) is 5.10 Å². The molecule has 0 aromatic carbocycles. The summed E-state index contributed by atoms with van der Waals surface area (Å²) in [7, 11) is 0. The summed E-state index contributed by atoms with van der Waals surface area (Å²) in [6.07, 6.45) is 0.893. The molecule has 0 radical (unpaired) electrons. The lowest BCUT2D eigenvalue weighted by atomic mass is 10.0. The Kier molecular flexibility index (Phi) is 3.19. The largest absolute Gasteiger partial charge is 0.492 e. The lowest BCUT2D eigenvalue weighted by molar-refractivity contribution is 0.420. The van der Waals surface area contributed by atoms with Crippen LogP contribution in [0.4, 0.5) is 0 Å². The van der Waals surface area contributed by atoms with Gasteiger partial charge in [0.15, 0.2) is 0 Å². The Morgan fingerprint density at radius 2 is 1.86 bits per heavy atom. The quantitative estimate of drug-likeness (QED) is 0.807. The molecule has 3 heteroatoms. The van der Waals surface area contributed by atoms with Crippen LogP contribution in [0.25, 0.3) is 0 Å². The molecule has 1 rings (SSSR count). The van der Waals surface area contributed by atoms with E-state index in [-0.39, 0.29) is 5.88 Å². The molecule has 0 amide bonds. The van der Waals surface area contributed by atoms with E-state index in [0.29, 0.717) is 12.0 Å². The fourth-order valence-corrected chi connectivity index (χ4v) is 1.69. The van der Waals surface area contributed by atoms with Crippen molar-refractivity contribution < 1.29 is 5.11 Å². The third-order valence-corrected chi connectivity index (χ3v) is 2.35. The summed E-state index contributed by atoms with van der Waals surface area (Å²) in [6, 6.07) is 0.307. The maximum atomic E-state index is 9.68. The summed E-state index contributed by atoms with van der Waals surface area (Å²) < 4.78 is 1.88. The molecule has 0 aliphatic carbocycles. The highest BCUT2D eigenvalue weighted by atomic mass is 16.3. The molecule has 0 atom stereocenters. The third-order valence-electron chi connectivity index (χ3n) is 2.35. The van der Waals surface area contributed by atoms with Gasteiger partial charge in [0, 0.05) is 17.3 Å². The van der Waals surface area contributed by atoms with Crippen LogP contribution in [-0.2, 0) is 6.42 Å². The summed E-state index contributed by atoms with van der Waals surface area (Å²) >= 11 is 0. The van der Waals surface area contributed by atoms with E-state index in [0.717, 1.165) is 17.7 Å². The van der Waals surface area contributed by atoms with Gasteiger partial charge in [-0.25, -0.2) is 0 Å². The molecule has 1 aromatic heterocycles. The lowest BCUT2D eigenvalue weighted by Gasteiger charge is -2.08. The minimum Gasteiger partial charge on any atom is -0.492 e. The smallest absolute Gasteiger partial charge is 0.233 e. The van der Waals surface area contributed by atoms with Gasteiger partial charge in [-0.3, -0.25) is 4.68 Å². The van der Waals surface area contributed by atoms with Crippen molar-refractivity contribution in [1.82, 2.24) is 9.78 Å². The highest BCUT2D eigenvalue weighted by Gasteiger charge is 2.16. The molecule has 0 aliphatic heterocycles. The Bertz CT molecular complexity index is 313. The summed E-state index contributed by atoms with van der Waals surface area (Å²) in [6.45, 7) is 10.4. The monoisotopic (exact) mass is 196 g/mol. The van der Waals surface area contributed by atoms with Gasteiger partial charge in [0.2, 0.25) is 5.88 Å². The molecule has 14 heavy (non-hydrogen) atoms. The van der Waals surface area contributed by atoms with Crippen molar-refractivity contribution in [1.29, 1.82) is 0 Å². The molecule has 0 saturated heterocycles. The number of aromatic nitrogens is 2. The Hall–Kier alpha value is -0.990. The molecule has 0 aliphatic rings. The van der Waals surface area contributed by atoms with Crippen LogP contribution in [0.15, 0.2) is 0 Å². The van der Waals surface area contributed by atoms with Gasteiger partial charge in [0.05, 0.1) is 0 Å². The first-order valence-corrected chi connectivity index (χ1v) is 5.20. The predicted molar refractivity (Wildman–Crippen MR) is 57.6 cm³/mol. The minimum atomic E-state index is 0.199. The number of aromatic hydroxyl groups is 1. The van der Waals surface area contributed by atoms with E-state index >= 15 is 0 Å². The number of hydrogen-bond donors (Lipinski definition) is 1. The summed E-state index contributed by atoms with van der Waals surface area (Å²) in [4.78, 5) is 0. The van der Waals surface area contributed by atoms with Crippen LogP contribution in [0.5, 0.6) is 5.88 Å². The van der Waals surface area contributed by atoms with Crippen molar-refractivity contribution in [2.75, 3.05) is 0 Å². The Morgan fingerprint density at radius 3 is 2.21 bits per heavy atom. The molecule has 1 N–H and O–H groups in total. The van der Waals surface area contributed by atoms with Gasteiger partial charge in [-0.05, 0) is 33.1 Å². The maximum Gasteiger partial charge on any atom is 0.233 e. The van der Waals surface area contributed by atoms with E-state index in [1.54, 1.807) is 0 Å². The molecular formula is C11H20N2O. The van der Waals surface area contributed by atoms with Crippen molar-refractivity contribution in [2.45, 2.75) is 47.1 Å². The Labute approximate surface area is 85.8 Å². The molecule has 0 spiro atoms. The van der Waals surface area contributed by atoms with E-state index in [9.17, 15) is 5.11 Å². The SMILES string of the molecule is Cc1c(CC(C)C)c(O)nn1C(C)C. The number of nitrogens with zero attached hydrogens (tertiary/aromatic N) is 2. The highest BCUT2D eigenvalue weighted by Crippen LogP contribution is 2.25. The molecular weight excluding hydrogens is 176 g/mol. The van der Waals surface area contributed by atoms with Gasteiger partial charge >= 0.3 is 0 Å². The standard InChI is InChI=1S/C11H20N2O/c1-7(2)6-10-9(5)13(8(3)4)12-11(10)14/h7-8H,6H2,1-5H3,(H,12,14). The fourth-order valence-electron chi connectivity index (χ4n) is 1.69. The molecule has 3 nitrogen and oxygen atoms in total. The van der Waals surface area contributed by atoms with E-state index in [2.05, 4.69) is 32.8 Å². The van der Waals surface area contributed by atoms with Crippen LogP contribution >= 0.6 is 0 Å². The normalized spacial score (nSPS) is 11.6. The minimum absolute atomic E-state index is 0.199. The van der Waals surface area contributed by atoms with E-state index in [1.807, 2.05) is 11.6 Å². The molecule has 1 heterocycles. The van der Waals surface area contributed by atoms with Crippen LogP contribution in [0.2, 0.25) is 0 Å². The topological polar surface area (TPSA) is 38.1 Å². The summed E-state index contributed by atoms with van der Waals surface area (Å²) in [5.41, 5.74) is 2.08. The van der Waals surface area contributed by atoms with Gasteiger partial charge in [0.1, 0.15) is 0 Å². The first-order chi connectivity index (χ1) is 6.43. The van der Waals surface area contributed by atoms with Crippen molar-refractivity contribution in [3.8, 4) is 5.88 Å². The van der Waals surface area contributed by atoms with E-state index < -0.39 is 0 Å². The highest BCUT2D eigenvalue weighted by molar-refractivity contribution is 5.30. The van der Waals surface area contributed by atoms with Crippen LogP contribution in [0.3, 0.4) is 0 Å². The number of rotatable bonds is 3. The van der Waals surface area contributed by atoms with Crippen LogP contribution in [-0.4, -0.2) is 14.9 Å². The zero-order chi connectivity index (χ0) is 10.9. The summed E-state index contributed by atoms with van der Waals surface area (Å²) in [5.74, 6) is 0.745. The zero-order valence-corrected chi connectivity index (χ0v) is 9.70.